The number of benzene rings is 1. The van der Waals surface area contributed by atoms with E-state index < -0.39 is 10.0 Å². The molecule has 1 aromatic carbocycles. The van der Waals surface area contributed by atoms with Crippen LogP contribution >= 0.6 is 11.3 Å². The third-order valence-corrected chi connectivity index (χ3v) is 5.93. The lowest BCUT2D eigenvalue weighted by Crippen LogP contribution is -2.48. The van der Waals surface area contributed by atoms with Crippen LogP contribution in [-0.2, 0) is 10.0 Å². The Morgan fingerprint density at radius 1 is 1.24 bits per heavy atom. The number of thiazole rings is 1. The van der Waals surface area contributed by atoms with Crippen LogP contribution in [0.25, 0.3) is 10.2 Å². The first-order valence-electron chi connectivity index (χ1n) is 6.71. The Kier molecular flexibility index (Phi) is 3.54. The van der Waals surface area contributed by atoms with E-state index in [1.807, 2.05) is 19.1 Å². The first kappa shape index (κ1) is 14.6. The largest absolute Gasteiger partial charge is 0.397 e. The maximum atomic E-state index is 11.5. The fourth-order valence-corrected chi connectivity index (χ4v) is 4.31. The highest BCUT2D eigenvalue weighted by Crippen LogP contribution is 2.32. The lowest BCUT2D eigenvalue weighted by molar-refractivity contribution is 0.388. The highest BCUT2D eigenvalue weighted by atomic mass is 32.2. The van der Waals surface area contributed by atoms with Crippen molar-refractivity contribution in [1.82, 2.24) is 9.29 Å². The molecule has 0 saturated carbocycles. The molecule has 6 nitrogen and oxygen atoms in total. The van der Waals surface area contributed by atoms with Crippen molar-refractivity contribution in [3.63, 3.8) is 0 Å². The molecule has 8 heteroatoms. The van der Waals surface area contributed by atoms with Gasteiger partial charge in [-0.2, -0.15) is 4.31 Å². The molecule has 0 amide bonds. The zero-order chi connectivity index (χ0) is 15.2. The Hall–Kier alpha value is -1.38. The van der Waals surface area contributed by atoms with Gasteiger partial charge in [0.15, 0.2) is 0 Å². The normalized spacial score (nSPS) is 17.5. The van der Waals surface area contributed by atoms with Crippen molar-refractivity contribution in [3.05, 3.63) is 17.1 Å². The number of aromatic nitrogens is 1. The van der Waals surface area contributed by atoms with Gasteiger partial charge in [0.05, 0.1) is 32.9 Å². The van der Waals surface area contributed by atoms with Gasteiger partial charge in [0, 0.05) is 26.2 Å². The van der Waals surface area contributed by atoms with Crippen molar-refractivity contribution in [2.75, 3.05) is 43.1 Å². The maximum absolute atomic E-state index is 11.5. The predicted molar refractivity (Wildman–Crippen MR) is 87.4 cm³/mol. The Morgan fingerprint density at radius 2 is 1.90 bits per heavy atom. The smallest absolute Gasteiger partial charge is 0.211 e. The van der Waals surface area contributed by atoms with Crippen molar-refractivity contribution in [2.45, 2.75) is 6.92 Å². The van der Waals surface area contributed by atoms with E-state index in [9.17, 15) is 8.42 Å². The summed E-state index contributed by atoms with van der Waals surface area (Å²) >= 11 is 1.63. The van der Waals surface area contributed by atoms with Gasteiger partial charge < -0.3 is 10.6 Å². The van der Waals surface area contributed by atoms with Crippen LogP contribution in [0.4, 0.5) is 11.4 Å². The van der Waals surface area contributed by atoms with Gasteiger partial charge in [0.2, 0.25) is 10.0 Å². The van der Waals surface area contributed by atoms with Gasteiger partial charge in [-0.15, -0.1) is 11.3 Å². The number of hydrogen-bond donors (Lipinski definition) is 1. The summed E-state index contributed by atoms with van der Waals surface area (Å²) in [6.45, 7) is 4.25. The second-order valence-electron chi connectivity index (χ2n) is 5.26. The molecule has 2 heterocycles. The molecule has 0 spiro atoms. The number of nitrogens with zero attached hydrogens (tertiary/aromatic N) is 3. The van der Waals surface area contributed by atoms with E-state index in [0.717, 1.165) is 26.6 Å². The first-order chi connectivity index (χ1) is 9.84. The highest BCUT2D eigenvalue weighted by molar-refractivity contribution is 7.88. The van der Waals surface area contributed by atoms with Gasteiger partial charge >= 0.3 is 0 Å². The number of nitrogens with two attached hydrogens (primary N) is 1. The summed E-state index contributed by atoms with van der Waals surface area (Å²) < 4.78 is 25.7. The van der Waals surface area contributed by atoms with Gasteiger partial charge in [-0.05, 0) is 19.1 Å². The van der Waals surface area contributed by atoms with E-state index in [4.69, 9.17) is 5.73 Å². The van der Waals surface area contributed by atoms with Gasteiger partial charge in [-0.25, -0.2) is 13.4 Å². The fourth-order valence-electron chi connectivity index (χ4n) is 2.63. The first-order valence-corrected chi connectivity index (χ1v) is 9.38. The number of nitrogen functional groups attached to an aromatic ring is 1. The minimum Gasteiger partial charge on any atom is -0.397 e. The molecule has 2 aromatic rings. The molecular weight excluding hydrogens is 308 g/mol. The van der Waals surface area contributed by atoms with Gasteiger partial charge in [0.25, 0.3) is 0 Å². The van der Waals surface area contributed by atoms with Gasteiger partial charge in [-0.1, -0.05) is 0 Å². The molecule has 3 rings (SSSR count). The van der Waals surface area contributed by atoms with E-state index in [1.54, 1.807) is 11.3 Å². The third kappa shape index (κ3) is 2.83. The Labute approximate surface area is 128 Å². The molecule has 1 saturated heterocycles. The van der Waals surface area contributed by atoms with E-state index in [1.165, 1.54) is 10.6 Å². The minimum atomic E-state index is -3.11. The molecule has 0 aliphatic carbocycles. The van der Waals surface area contributed by atoms with Crippen molar-refractivity contribution in [1.29, 1.82) is 0 Å². The Balaban J connectivity index is 1.86. The molecule has 1 aromatic heterocycles. The van der Waals surface area contributed by atoms with Gasteiger partial charge in [0.1, 0.15) is 0 Å². The standard InChI is InChI=1S/C13H18N4O2S2/c1-9-15-11-8-12(10(14)7-13(11)20-9)16-3-5-17(6-4-16)21(2,18)19/h7-8H,3-6,14H2,1-2H3. The van der Waals surface area contributed by atoms with Crippen LogP contribution in [0, 0.1) is 6.92 Å². The Bertz CT molecular complexity index is 777. The zero-order valence-electron chi connectivity index (χ0n) is 12.0. The van der Waals surface area contributed by atoms with E-state index in [0.29, 0.717) is 26.2 Å². The summed E-state index contributed by atoms with van der Waals surface area (Å²) in [5.74, 6) is 0. The summed E-state index contributed by atoms with van der Waals surface area (Å²) in [5.41, 5.74) is 8.77. The van der Waals surface area contributed by atoms with Crippen molar-refractivity contribution in [2.24, 2.45) is 0 Å². The quantitative estimate of drug-likeness (QED) is 0.841. The lowest BCUT2D eigenvalue weighted by atomic mass is 10.2. The number of piperazine rings is 1. The van der Waals surface area contributed by atoms with Crippen molar-refractivity contribution in [3.8, 4) is 0 Å². The molecule has 0 atom stereocenters. The number of fused-ring (bicyclic) bond motifs is 1. The summed E-state index contributed by atoms with van der Waals surface area (Å²) in [6.07, 6.45) is 1.25. The van der Waals surface area contributed by atoms with Gasteiger partial charge in [-0.3, -0.25) is 0 Å². The van der Waals surface area contributed by atoms with Crippen molar-refractivity contribution < 1.29 is 8.42 Å². The van der Waals surface area contributed by atoms with Crippen LogP contribution in [-0.4, -0.2) is 50.1 Å². The molecule has 1 fully saturated rings. The molecule has 1 aliphatic heterocycles. The van der Waals surface area contributed by atoms with Crippen LogP contribution in [0.3, 0.4) is 0 Å². The molecule has 21 heavy (non-hydrogen) atoms. The fraction of sp³-hybridized carbons (Fsp3) is 0.462. The molecule has 0 radical (unpaired) electrons. The molecular formula is C13H18N4O2S2. The molecule has 0 unspecified atom stereocenters. The topological polar surface area (TPSA) is 79.5 Å². The van der Waals surface area contributed by atoms with Crippen LogP contribution in [0.5, 0.6) is 0 Å². The summed E-state index contributed by atoms with van der Waals surface area (Å²) in [5, 5.41) is 1.02. The molecule has 1 aliphatic rings. The Morgan fingerprint density at radius 3 is 2.52 bits per heavy atom. The third-order valence-electron chi connectivity index (χ3n) is 3.69. The monoisotopic (exact) mass is 326 g/mol. The number of aryl methyl sites for hydroxylation is 1. The van der Waals surface area contributed by atoms with E-state index in [-0.39, 0.29) is 0 Å². The molecule has 114 valence electrons. The number of rotatable bonds is 2. The summed E-state index contributed by atoms with van der Waals surface area (Å²) in [7, 11) is -3.11. The molecule has 2 N–H and O–H groups in total. The second-order valence-corrected chi connectivity index (χ2v) is 8.48. The minimum absolute atomic E-state index is 0.492. The number of anilines is 2. The summed E-state index contributed by atoms with van der Waals surface area (Å²) in [4.78, 5) is 6.62. The number of sulfonamides is 1. The maximum Gasteiger partial charge on any atom is 0.211 e. The van der Waals surface area contributed by atoms with Crippen LogP contribution in [0.15, 0.2) is 12.1 Å². The second kappa shape index (κ2) is 5.11. The number of hydrogen-bond acceptors (Lipinski definition) is 6. The van der Waals surface area contributed by atoms with Crippen LogP contribution in [0.1, 0.15) is 5.01 Å². The highest BCUT2D eigenvalue weighted by Gasteiger charge is 2.24. The van der Waals surface area contributed by atoms with Crippen LogP contribution < -0.4 is 10.6 Å². The average molecular weight is 326 g/mol. The lowest BCUT2D eigenvalue weighted by Gasteiger charge is -2.35. The summed E-state index contributed by atoms with van der Waals surface area (Å²) in [6, 6.07) is 3.96. The van der Waals surface area contributed by atoms with E-state index >= 15 is 0 Å². The zero-order valence-corrected chi connectivity index (χ0v) is 13.7. The molecule has 0 bridgehead atoms. The predicted octanol–water partition coefficient (Wildman–Crippen LogP) is 1.27. The van der Waals surface area contributed by atoms with Crippen molar-refractivity contribution >= 4 is 43.0 Å². The average Bonchev–Trinajstić information content (AvgIpc) is 2.76. The van der Waals surface area contributed by atoms with Crippen LogP contribution in [0.2, 0.25) is 0 Å². The van der Waals surface area contributed by atoms with E-state index in [2.05, 4.69) is 9.88 Å². The SMILES string of the molecule is Cc1nc2cc(N3CCN(S(C)(=O)=O)CC3)c(N)cc2s1.